The van der Waals surface area contributed by atoms with Gasteiger partial charge in [-0.2, -0.15) is 0 Å². The first-order chi connectivity index (χ1) is 18.4. The zero-order chi connectivity index (χ0) is 26.4. The van der Waals surface area contributed by atoms with Crippen molar-refractivity contribution in [2.75, 3.05) is 7.11 Å². The fraction of sp³-hybridized carbons (Fsp3) is 0.100. The number of hydrogen-bond acceptors (Lipinski definition) is 7. The van der Waals surface area contributed by atoms with Crippen molar-refractivity contribution >= 4 is 23.8 Å². The number of carboxylic acid groups (broad SMARTS) is 1. The van der Waals surface area contributed by atoms with Crippen LogP contribution in [0.1, 0.15) is 49.9 Å². The predicted octanol–water partition coefficient (Wildman–Crippen LogP) is 5.71. The number of furan rings is 1. The highest BCUT2D eigenvalue weighted by Crippen LogP contribution is 2.49. The molecule has 3 heterocycles. The largest absolute Gasteiger partial charge is 0.496 e. The summed E-state index contributed by atoms with van der Waals surface area (Å²) in [5.41, 5.74) is 2.46. The van der Waals surface area contributed by atoms with E-state index >= 15 is 0 Å². The first-order valence-electron chi connectivity index (χ1n) is 11.8. The smallest absolute Gasteiger partial charge is 0.335 e. The molecule has 188 valence electrons. The molecule has 0 saturated carbocycles. The number of methoxy groups -OCH3 is 1. The molecule has 0 amide bonds. The maximum absolute atomic E-state index is 13.3. The second kappa shape index (κ2) is 9.08. The topological polar surface area (TPSA) is 112 Å². The Hall–Kier alpha value is -5.11. The summed E-state index contributed by atoms with van der Waals surface area (Å²) in [4.78, 5) is 36.9. The van der Waals surface area contributed by atoms with E-state index < -0.39 is 17.9 Å². The minimum Gasteiger partial charge on any atom is -0.496 e. The lowest BCUT2D eigenvalue weighted by molar-refractivity contribution is -0.135. The molecular weight excluding hydrogens is 488 g/mol. The molecule has 3 aromatic carbocycles. The van der Waals surface area contributed by atoms with Gasteiger partial charge in [0.25, 0.3) is 0 Å². The summed E-state index contributed by atoms with van der Waals surface area (Å²) >= 11 is 0. The van der Waals surface area contributed by atoms with E-state index in [0.717, 1.165) is 0 Å². The van der Waals surface area contributed by atoms with Crippen molar-refractivity contribution in [2.45, 2.75) is 12.3 Å². The van der Waals surface area contributed by atoms with Gasteiger partial charge in [0.2, 0.25) is 5.78 Å². The highest BCUT2D eigenvalue weighted by Gasteiger charge is 2.39. The lowest BCUT2D eigenvalue weighted by Gasteiger charge is -2.24. The average molecular weight is 508 g/mol. The van der Waals surface area contributed by atoms with E-state index in [0.29, 0.717) is 51.0 Å². The van der Waals surface area contributed by atoms with E-state index in [1.54, 1.807) is 55.7 Å². The highest BCUT2D eigenvalue weighted by atomic mass is 16.5. The number of hydrogen-bond donors (Lipinski definition) is 1. The Bertz CT molecular complexity index is 1640. The predicted molar refractivity (Wildman–Crippen MR) is 136 cm³/mol. The fourth-order valence-electron chi connectivity index (χ4n) is 4.75. The summed E-state index contributed by atoms with van der Waals surface area (Å²) in [6.45, 7) is 0. The Morgan fingerprint density at radius 1 is 0.974 bits per heavy atom. The number of para-hydroxylation sites is 1. The minimum atomic E-state index is -1.02. The van der Waals surface area contributed by atoms with Crippen molar-refractivity contribution in [2.24, 2.45) is 0 Å². The fourth-order valence-corrected chi connectivity index (χ4v) is 4.75. The van der Waals surface area contributed by atoms with Crippen LogP contribution in [0.2, 0.25) is 0 Å². The summed E-state index contributed by atoms with van der Waals surface area (Å²) in [6, 6.07) is 20.3. The van der Waals surface area contributed by atoms with Gasteiger partial charge in [0.15, 0.2) is 5.76 Å². The van der Waals surface area contributed by atoms with Crippen LogP contribution in [0.5, 0.6) is 17.2 Å². The summed E-state index contributed by atoms with van der Waals surface area (Å²) < 4.78 is 23.1. The molecule has 6 rings (SSSR count). The molecule has 1 N–H and O–H groups in total. The average Bonchev–Trinajstić information content (AvgIpc) is 3.54. The van der Waals surface area contributed by atoms with Gasteiger partial charge in [-0.05, 0) is 48.5 Å². The molecular formula is C30H20O8. The zero-order valence-corrected chi connectivity index (χ0v) is 20.1. The lowest BCUT2D eigenvalue weighted by atomic mass is 9.88. The summed E-state index contributed by atoms with van der Waals surface area (Å²) in [5, 5.41) is 9.15. The number of carbonyl (C=O) groups excluding carboxylic acids is 2. The third-order valence-electron chi connectivity index (χ3n) is 6.59. The van der Waals surface area contributed by atoms with Crippen LogP contribution in [0, 0.1) is 0 Å². The third-order valence-corrected chi connectivity index (χ3v) is 6.59. The monoisotopic (exact) mass is 508 g/mol. The number of aromatic carboxylic acids is 1. The molecule has 0 aliphatic carbocycles. The van der Waals surface area contributed by atoms with Crippen LogP contribution in [0.15, 0.2) is 83.0 Å². The Morgan fingerprint density at radius 2 is 1.76 bits per heavy atom. The number of rotatable bonds is 5. The standard InChI is InChI=1S/C30H20O8/c1-35-21-5-3-2-4-18(21)14-25-28(32)19-10-11-24-27(29(19)38-25)20(15-26(31)37-24)23-13-12-22(36-23)16-6-8-17(9-7-16)30(33)34/h2-14,20H,15H2,1H3,(H,33,34). The second-order valence-electron chi connectivity index (χ2n) is 8.85. The molecule has 38 heavy (non-hydrogen) atoms. The number of fused-ring (bicyclic) bond motifs is 3. The quantitative estimate of drug-likeness (QED) is 0.207. The summed E-state index contributed by atoms with van der Waals surface area (Å²) in [6.07, 6.45) is 1.63. The maximum atomic E-state index is 13.3. The van der Waals surface area contributed by atoms with Gasteiger partial charge in [0, 0.05) is 16.7 Å². The summed E-state index contributed by atoms with van der Waals surface area (Å²) in [7, 11) is 1.55. The molecule has 2 aliphatic rings. The van der Waals surface area contributed by atoms with Gasteiger partial charge in [-0.25, -0.2) is 4.79 Å². The van der Waals surface area contributed by atoms with Crippen LogP contribution in [-0.4, -0.2) is 29.9 Å². The van der Waals surface area contributed by atoms with Crippen LogP contribution in [0.3, 0.4) is 0 Å². The van der Waals surface area contributed by atoms with Gasteiger partial charge in [0.1, 0.15) is 28.8 Å². The molecule has 2 aliphatic heterocycles. The van der Waals surface area contributed by atoms with E-state index in [2.05, 4.69) is 0 Å². The Morgan fingerprint density at radius 3 is 2.53 bits per heavy atom. The van der Waals surface area contributed by atoms with Gasteiger partial charge in [0.05, 0.1) is 30.6 Å². The molecule has 0 radical (unpaired) electrons. The normalized spacial score (nSPS) is 17.0. The van der Waals surface area contributed by atoms with E-state index in [1.807, 2.05) is 18.2 Å². The van der Waals surface area contributed by atoms with Crippen molar-refractivity contribution in [3.05, 3.63) is 107 Å². The Labute approximate surface area is 216 Å². The van der Waals surface area contributed by atoms with E-state index in [4.69, 9.17) is 23.7 Å². The first-order valence-corrected chi connectivity index (χ1v) is 11.8. The van der Waals surface area contributed by atoms with Gasteiger partial charge >= 0.3 is 11.9 Å². The van der Waals surface area contributed by atoms with Gasteiger partial charge in [-0.15, -0.1) is 0 Å². The molecule has 4 aromatic rings. The third kappa shape index (κ3) is 3.92. The second-order valence-corrected chi connectivity index (χ2v) is 8.85. The number of ether oxygens (including phenoxy) is 3. The molecule has 0 spiro atoms. The minimum absolute atomic E-state index is 0.00251. The number of carbonyl (C=O) groups is 3. The molecule has 1 aromatic heterocycles. The Balaban J connectivity index is 1.39. The van der Waals surface area contributed by atoms with E-state index in [-0.39, 0.29) is 23.5 Å². The number of carboxylic acids is 1. The van der Waals surface area contributed by atoms with E-state index in [9.17, 15) is 14.4 Å². The SMILES string of the molecule is COc1ccccc1C=C1Oc2c(ccc3c2C(c2ccc(-c4ccc(C(=O)O)cc4)o2)CC(=O)O3)C1=O. The van der Waals surface area contributed by atoms with Gasteiger partial charge in [-0.3, -0.25) is 9.59 Å². The van der Waals surface area contributed by atoms with Crippen molar-refractivity contribution in [3.8, 4) is 28.6 Å². The molecule has 0 fully saturated rings. The zero-order valence-electron chi connectivity index (χ0n) is 20.1. The molecule has 1 atom stereocenters. The summed E-state index contributed by atoms with van der Waals surface area (Å²) in [5.74, 6) is 0.0833. The maximum Gasteiger partial charge on any atom is 0.335 e. The van der Waals surface area contributed by atoms with Crippen molar-refractivity contribution < 1.29 is 38.1 Å². The van der Waals surface area contributed by atoms with Crippen molar-refractivity contribution in [3.63, 3.8) is 0 Å². The van der Waals surface area contributed by atoms with Crippen LogP contribution in [0.25, 0.3) is 17.4 Å². The number of Topliss-reactive ketones (excluding diaryl/α,β-unsaturated/α-hetero) is 1. The van der Waals surface area contributed by atoms with Gasteiger partial charge < -0.3 is 23.7 Å². The molecule has 8 heteroatoms. The number of allylic oxidation sites excluding steroid dienone is 1. The Kier molecular flexibility index (Phi) is 5.57. The van der Waals surface area contributed by atoms with Crippen LogP contribution in [-0.2, 0) is 4.79 Å². The van der Waals surface area contributed by atoms with Crippen LogP contribution < -0.4 is 14.2 Å². The molecule has 0 bridgehead atoms. The van der Waals surface area contributed by atoms with Gasteiger partial charge in [-0.1, -0.05) is 30.3 Å². The van der Waals surface area contributed by atoms with Crippen molar-refractivity contribution in [1.82, 2.24) is 0 Å². The van der Waals surface area contributed by atoms with Crippen molar-refractivity contribution in [1.29, 1.82) is 0 Å². The number of esters is 1. The molecule has 0 saturated heterocycles. The lowest BCUT2D eigenvalue weighted by Crippen LogP contribution is -2.21. The van der Waals surface area contributed by atoms with E-state index in [1.165, 1.54) is 12.1 Å². The van der Waals surface area contributed by atoms with Crippen LogP contribution in [0.4, 0.5) is 0 Å². The molecule has 1 unspecified atom stereocenters. The first kappa shape index (κ1) is 23.3. The number of ketones is 1. The van der Waals surface area contributed by atoms with Crippen LogP contribution >= 0.6 is 0 Å². The highest BCUT2D eigenvalue weighted by molar-refractivity contribution is 6.15. The number of benzene rings is 3. The molecule has 8 nitrogen and oxygen atoms in total.